The first-order chi connectivity index (χ1) is 8.43. The zero-order valence-corrected chi connectivity index (χ0v) is 13.5. The maximum absolute atomic E-state index is 6.09. The number of benzene rings is 1. The van der Waals surface area contributed by atoms with Crippen molar-refractivity contribution in [2.75, 3.05) is 18.5 Å². The number of nitrogens with two attached hydrogens (primary N) is 1. The van der Waals surface area contributed by atoms with E-state index < -0.39 is 0 Å². The molecule has 1 aromatic carbocycles. The second-order valence-electron chi connectivity index (χ2n) is 5.42. The number of rotatable bonds is 6. The van der Waals surface area contributed by atoms with Gasteiger partial charge in [0.15, 0.2) is 0 Å². The molecule has 0 amide bonds. The summed E-state index contributed by atoms with van der Waals surface area (Å²) >= 11 is 3.55. The van der Waals surface area contributed by atoms with Gasteiger partial charge in [0.05, 0.1) is 0 Å². The van der Waals surface area contributed by atoms with E-state index in [1.807, 2.05) is 0 Å². The Labute approximate surface area is 120 Å². The van der Waals surface area contributed by atoms with Gasteiger partial charge < -0.3 is 10.6 Å². The molecule has 0 heterocycles. The number of anilines is 1. The molecule has 3 heteroatoms. The maximum Gasteiger partial charge on any atom is 0.0397 e. The van der Waals surface area contributed by atoms with Crippen LogP contribution in [0, 0.1) is 5.92 Å². The van der Waals surface area contributed by atoms with Gasteiger partial charge >= 0.3 is 0 Å². The topological polar surface area (TPSA) is 29.3 Å². The zero-order valence-electron chi connectivity index (χ0n) is 11.9. The van der Waals surface area contributed by atoms with Gasteiger partial charge in [-0.25, -0.2) is 0 Å². The van der Waals surface area contributed by atoms with Crippen LogP contribution >= 0.6 is 15.9 Å². The first kappa shape index (κ1) is 15.5. The molecule has 0 aromatic heterocycles. The van der Waals surface area contributed by atoms with Crippen LogP contribution in [0.4, 0.5) is 5.69 Å². The van der Waals surface area contributed by atoms with Gasteiger partial charge in [0.25, 0.3) is 0 Å². The van der Waals surface area contributed by atoms with Crippen LogP contribution in [0.2, 0.25) is 0 Å². The van der Waals surface area contributed by atoms with Crippen molar-refractivity contribution in [2.24, 2.45) is 11.7 Å². The normalized spacial score (nSPS) is 12.8. The quantitative estimate of drug-likeness (QED) is 0.865. The molecule has 1 atom stereocenters. The van der Waals surface area contributed by atoms with Crippen molar-refractivity contribution in [3.8, 4) is 0 Å². The molecule has 0 saturated carbocycles. The van der Waals surface area contributed by atoms with Crippen LogP contribution in [0.15, 0.2) is 22.7 Å². The minimum absolute atomic E-state index is 0.241. The Morgan fingerprint density at radius 1 is 1.33 bits per heavy atom. The summed E-state index contributed by atoms with van der Waals surface area (Å²) in [5.41, 5.74) is 8.73. The molecule has 2 N–H and O–H groups in total. The molecule has 0 saturated heterocycles. The van der Waals surface area contributed by atoms with Gasteiger partial charge in [-0.2, -0.15) is 0 Å². The van der Waals surface area contributed by atoms with Crippen molar-refractivity contribution < 1.29 is 0 Å². The summed E-state index contributed by atoms with van der Waals surface area (Å²) in [5.74, 6) is 0.659. The van der Waals surface area contributed by atoms with Crippen molar-refractivity contribution in [2.45, 2.75) is 39.7 Å². The Morgan fingerprint density at radius 2 is 2.00 bits per heavy atom. The lowest BCUT2D eigenvalue weighted by molar-refractivity contribution is 0.626. The molecule has 102 valence electrons. The first-order valence-corrected chi connectivity index (χ1v) is 7.48. The fourth-order valence-electron chi connectivity index (χ4n) is 2.16. The predicted molar refractivity (Wildman–Crippen MR) is 84.2 cm³/mol. The molecular formula is C15H25BrN2. The molecule has 2 nitrogen and oxygen atoms in total. The van der Waals surface area contributed by atoms with E-state index in [9.17, 15) is 0 Å². The molecule has 1 aromatic rings. The van der Waals surface area contributed by atoms with Gasteiger partial charge in [-0.3, -0.25) is 0 Å². The molecule has 0 fully saturated rings. The van der Waals surface area contributed by atoms with E-state index >= 15 is 0 Å². The second-order valence-corrected chi connectivity index (χ2v) is 6.34. The molecule has 0 aliphatic rings. The summed E-state index contributed by atoms with van der Waals surface area (Å²) in [6.07, 6.45) is 1.95. The standard InChI is InChI=1S/C15H25BrN2/c1-5-14(17)9-12-8-13(16)6-7-15(12)18(4)10-11(2)3/h6-8,11,14H,5,9-10,17H2,1-4H3. The largest absolute Gasteiger partial charge is 0.374 e. The monoisotopic (exact) mass is 312 g/mol. The highest BCUT2D eigenvalue weighted by Crippen LogP contribution is 2.25. The Kier molecular flexibility index (Phi) is 6.16. The van der Waals surface area contributed by atoms with E-state index in [4.69, 9.17) is 5.73 Å². The summed E-state index contributed by atoms with van der Waals surface area (Å²) in [7, 11) is 2.16. The maximum atomic E-state index is 6.09. The van der Waals surface area contributed by atoms with Crippen molar-refractivity contribution in [3.63, 3.8) is 0 Å². The van der Waals surface area contributed by atoms with E-state index in [1.165, 1.54) is 11.3 Å². The van der Waals surface area contributed by atoms with Crippen molar-refractivity contribution >= 4 is 21.6 Å². The SMILES string of the molecule is CCC(N)Cc1cc(Br)ccc1N(C)CC(C)C. The number of nitrogens with zero attached hydrogens (tertiary/aromatic N) is 1. The minimum Gasteiger partial charge on any atom is -0.374 e. The van der Waals surface area contributed by atoms with E-state index in [2.05, 4.69) is 66.8 Å². The fraction of sp³-hybridized carbons (Fsp3) is 0.600. The van der Waals surface area contributed by atoms with E-state index in [0.29, 0.717) is 5.92 Å². The third kappa shape index (κ3) is 4.62. The van der Waals surface area contributed by atoms with Crippen molar-refractivity contribution in [3.05, 3.63) is 28.2 Å². The summed E-state index contributed by atoms with van der Waals surface area (Å²) in [4.78, 5) is 2.33. The molecular weight excluding hydrogens is 288 g/mol. The minimum atomic E-state index is 0.241. The highest BCUT2D eigenvalue weighted by atomic mass is 79.9. The lowest BCUT2D eigenvalue weighted by Crippen LogP contribution is -2.26. The first-order valence-electron chi connectivity index (χ1n) is 6.69. The predicted octanol–water partition coefficient (Wildman–Crippen LogP) is 3.82. The third-order valence-electron chi connectivity index (χ3n) is 3.10. The highest BCUT2D eigenvalue weighted by molar-refractivity contribution is 9.10. The highest BCUT2D eigenvalue weighted by Gasteiger charge is 2.11. The molecule has 0 radical (unpaired) electrons. The lowest BCUT2D eigenvalue weighted by Gasteiger charge is -2.25. The van der Waals surface area contributed by atoms with Gasteiger partial charge in [0.1, 0.15) is 0 Å². The van der Waals surface area contributed by atoms with Gasteiger partial charge in [-0.05, 0) is 42.5 Å². The fourth-order valence-corrected chi connectivity index (χ4v) is 2.57. The Bertz CT molecular complexity index is 377. The lowest BCUT2D eigenvalue weighted by atomic mass is 10.0. The Hall–Kier alpha value is -0.540. The van der Waals surface area contributed by atoms with Crippen LogP contribution in [0.25, 0.3) is 0 Å². The Balaban J connectivity index is 2.95. The van der Waals surface area contributed by atoms with Crippen LogP contribution in [0.3, 0.4) is 0 Å². The summed E-state index contributed by atoms with van der Waals surface area (Å²) in [6, 6.07) is 6.73. The number of halogens is 1. The molecule has 0 spiro atoms. The van der Waals surface area contributed by atoms with E-state index in [0.717, 1.165) is 23.9 Å². The average molecular weight is 313 g/mol. The van der Waals surface area contributed by atoms with Crippen LogP contribution in [-0.2, 0) is 6.42 Å². The molecule has 0 aliphatic carbocycles. The number of hydrogen-bond donors (Lipinski definition) is 1. The number of hydrogen-bond acceptors (Lipinski definition) is 2. The van der Waals surface area contributed by atoms with Gasteiger partial charge in [-0.15, -0.1) is 0 Å². The summed E-state index contributed by atoms with van der Waals surface area (Å²) in [5, 5.41) is 0. The van der Waals surface area contributed by atoms with E-state index in [1.54, 1.807) is 0 Å². The van der Waals surface area contributed by atoms with Crippen LogP contribution < -0.4 is 10.6 Å². The smallest absolute Gasteiger partial charge is 0.0397 e. The Morgan fingerprint density at radius 3 is 2.56 bits per heavy atom. The van der Waals surface area contributed by atoms with Crippen molar-refractivity contribution in [1.82, 2.24) is 0 Å². The molecule has 1 unspecified atom stereocenters. The average Bonchev–Trinajstić information content (AvgIpc) is 2.27. The van der Waals surface area contributed by atoms with Crippen LogP contribution in [0.1, 0.15) is 32.8 Å². The molecule has 0 bridgehead atoms. The summed E-state index contributed by atoms with van der Waals surface area (Å²) < 4.78 is 1.13. The van der Waals surface area contributed by atoms with Gasteiger partial charge in [-0.1, -0.05) is 36.7 Å². The van der Waals surface area contributed by atoms with Crippen LogP contribution in [-0.4, -0.2) is 19.6 Å². The molecule has 0 aliphatic heterocycles. The second kappa shape index (κ2) is 7.15. The third-order valence-corrected chi connectivity index (χ3v) is 3.59. The van der Waals surface area contributed by atoms with Gasteiger partial charge in [0, 0.05) is 29.8 Å². The van der Waals surface area contributed by atoms with Crippen LogP contribution in [0.5, 0.6) is 0 Å². The zero-order chi connectivity index (χ0) is 13.7. The van der Waals surface area contributed by atoms with Gasteiger partial charge in [0.2, 0.25) is 0 Å². The molecule has 1 rings (SSSR count). The van der Waals surface area contributed by atoms with E-state index in [-0.39, 0.29) is 6.04 Å². The van der Waals surface area contributed by atoms with Crippen molar-refractivity contribution in [1.29, 1.82) is 0 Å². The molecule has 18 heavy (non-hydrogen) atoms. The summed E-state index contributed by atoms with van der Waals surface area (Å²) in [6.45, 7) is 7.69.